The fourth-order valence-electron chi connectivity index (χ4n) is 5.86. The summed E-state index contributed by atoms with van der Waals surface area (Å²) in [4.78, 5) is 15.7. The third-order valence-electron chi connectivity index (χ3n) is 7.61. The summed E-state index contributed by atoms with van der Waals surface area (Å²) >= 11 is 0. The van der Waals surface area contributed by atoms with Crippen molar-refractivity contribution in [3.8, 4) is 0 Å². The molecule has 2 aromatic rings. The molecule has 4 atom stereocenters. The van der Waals surface area contributed by atoms with Gasteiger partial charge in [-0.1, -0.05) is 73.5 Å². The van der Waals surface area contributed by atoms with Crippen molar-refractivity contribution in [1.29, 1.82) is 0 Å². The topological polar surface area (TPSA) is 64.6 Å². The van der Waals surface area contributed by atoms with Gasteiger partial charge in [-0.05, 0) is 35.8 Å². The monoisotopic (exact) mass is 419 g/mol. The first-order chi connectivity index (χ1) is 15.2. The molecule has 5 heteroatoms. The van der Waals surface area contributed by atoms with Gasteiger partial charge in [0.2, 0.25) is 0 Å². The number of hydrogen-bond donors (Lipinski definition) is 3. The summed E-state index contributed by atoms with van der Waals surface area (Å²) in [7, 11) is 0. The second kappa shape index (κ2) is 8.73. The Morgan fingerprint density at radius 1 is 0.968 bits per heavy atom. The molecule has 5 rings (SSSR count). The van der Waals surface area contributed by atoms with Crippen LogP contribution in [0.25, 0.3) is 0 Å². The van der Waals surface area contributed by atoms with Gasteiger partial charge in [-0.3, -0.25) is 15.0 Å². The minimum absolute atomic E-state index is 0.0123. The normalized spacial score (nSPS) is 27.6. The van der Waals surface area contributed by atoms with E-state index >= 15 is 0 Å². The van der Waals surface area contributed by atoms with Crippen LogP contribution in [0.1, 0.15) is 36.8 Å². The van der Waals surface area contributed by atoms with Gasteiger partial charge in [0.1, 0.15) is 0 Å². The van der Waals surface area contributed by atoms with Crippen LogP contribution in [-0.4, -0.2) is 41.7 Å². The zero-order valence-corrected chi connectivity index (χ0v) is 18.0. The van der Waals surface area contributed by atoms with Gasteiger partial charge in [-0.15, -0.1) is 0 Å². The number of fused-ring (bicyclic) bond motifs is 1. The molecule has 1 heterocycles. The molecule has 3 N–H and O–H groups in total. The Bertz CT molecular complexity index is 872. The van der Waals surface area contributed by atoms with Gasteiger partial charge in [0.15, 0.2) is 5.60 Å². The van der Waals surface area contributed by atoms with Crippen LogP contribution in [-0.2, 0) is 16.9 Å². The number of nitrogens with zero attached hydrogens (tertiary/aromatic N) is 1. The number of carbonyl (C=O) groups is 1. The highest BCUT2D eigenvalue weighted by Gasteiger charge is 2.55. The molecule has 0 bridgehead atoms. The standard InChI is InChI=1S/C26H33N3O2/c30-25(26(31,21-13-7-8-14-21)20-11-5-2-6-12-20)28-18-27-24-22-16-29(17-23(22)24)15-19-9-3-1-4-10-19/h1-6,9-12,21-24,27,31H,7-8,13-18H2,(H,28,30)/t22-,23+,24?,26-/m1/s1. The molecule has 31 heavy (non-hydrogen) atoms. The van der Waals surface area contributed by atoms with Crippen molar-refractivity contribution in [2.24, 2.45) is 17.8 Å². The number of piperidine rings is 1. The van der Waals surface area contributed by atoms with Crippen LogP contribution in [0, 0.1) is 17.8 Å². The maximum atomic E-state index is 13.1. The molecule has 1 aliphatic heterocycles. The van der Waals surface area contributed by atoms with Crippen molar-refractivity contribution in [2.45, 2.75) is 43.9 Å². The molecule has 164 valence electrons. The smallest absolute Gasteiger partial charge is 0.257 e. The second-order valence-electron chi connectivity index (χ2n) is 9.53. The van der Waals surface area contributed by atoms with Gasteiger partial charge in [0, 0.05) is 31.6 Å². The van der Waals surface area contributed by atoms with E-state index in [4.69, 9.17) is 0 Å². The highest BCUT2D eigenvalue weighted by molar-refractivity contribution is 5.86. The fourth-order valence-corrected chi connectivity index (χ4v) is 5.86. The molecule has 1 unspecified atom stereocenters. The zero-order chi connectivity index (χ0) is 21.3. The van der Waals surface area contributed by atoms with Gasteiger partial charge in [0.25, 0.3) is 5.91 Å². The van der Waals surface area contributed by atoms with Crippen LogP contribution in [0.4, 0.5) is 0 Å². The number of carbonyl (C=O) groups excluding carboxylic acids is 1. The van der Waals surface area contributed by atoms with Crippen LogP contribution in [0.15, 0.2) is 60.7 Å². The number of hydrogen-bond acceptors (Lipinski definition) is 4. The molecule has 0 spiro atoms. The van der Waals surface area contributed by atoms with E-state index in [1.54, 1.807) is 0 Å². The quantitative estimate of drug-likeness (QED) is 0.576. The van der Waals surface area contributed by atoms with Crippen LogP contribution in [0.3, 0.4) is 0 Å². The molecule has 3 fully saturated rings. The van der Waals surface area contributed by atoms with E-state index in [9.17, 15) is 9.90 Å². The Kier molecular flexibility index (Phi) is 5.83. The Labute approximate surface area is 184 Å². The van der Waals surface area contributed by atoms with Crippen molar-refractivity contribution in [1.82, 2.24) is 15.5 Å². The molecule has 3 aliphatic rings. The Hall–Kier alpha value is -2.21. The number of aliphatic hydroxyl groups is 1. The third kappa shape index (κ3) is 4.14. The molecular weight excluding hydrogens is 386 g/mol. The molecule has 5 nitrogen and oxygen atoms in total. The minimum Gasteiger partial charge on any atom is -0.375 e. The lowest BCUT2D eigenvalue weighted by Crippen LogP contribution is -2.51. The van der Waals surface area contributed by atoms with Gasteiger partial charge >= 0.3 is 0 Å². The van der Waals surface area contributed by atoms with E-state index in [0.717, 1.165) is 45.3 Å². The van der Waals surface area contributed by atoms with E-state index in [2.05, 4.69) is 45.9 Å². The largest absolute Gasteiger partial charge is 0.375 e. The SMILES string of the molecule is O=C(NCNC1[C@H]2CN(Cc3ccccc3)C[C@@H]12)[C@@](O)(c1ccccc1)C1CCCC1. The van der Waals surface area contributed by atoms with Crippen LogP contribution in [0.5, 0.6) is 0 Å². The summed E-state index contributed by atoms with van der Waals surface area (Å²) in [5.41, 5.74) is 0.637. The summed E-state index contributed by atoms with van der Waals surface area (Å²) in [6.45, 7) is 3.66. The lowest BCUT2D eigenvalue weighted by Gasteiger charge is -2.33. The predicted molar refractivity (Wildman–Crippen MR) is 121 cm³/mol. The molecule has 2 saturated carbocycles. The highest BCUT2D eigenvalue weighted by Crippen LogP contribution is 2.46. The molecule has 2 aliphatic carbocycles. The maximum Gasteiger partial charge on any atom is 0.257 e. The first kappa shape index (κ1) is 20.7. The summed E-state index contributed by atoms with van der Waals surface area (Å²) < 4.78 is 0. The first-order valence-corrected chi connectivity index (χ1v) is 11.7. The number of rotatable bonds is 8. The van der Waals surface area contributed by atoms with Crippen LogP contribution in [0.2, 0.25) is 0 Å². The second-order valence-corrected chi connectivity index (χ2v) is 9.53. The minimum atomic E-state index is -1.44. The van der Waals surface area contributed by atoms with Crippen molar-refractivity contribution in [3.05, 3.63) is 71.8 Å². The molecule has 2 aromatic carbocycles. The van der Waals surface area contributed by atoms with Gasteiger partial charge in [-0.25, -0.2) is 0 Å². The lowest BCUT2D eigenvalue weighted by molar-refractivity contribution is -0.147. The van der Waals surface area contributed by atoms with Crippen molar-refractivity contribution < 1.29 is 9.90 Å². The molecule has 0 aromatic heterocycles. The summed E-state index contributed by atoms with van der Waals surface area (Å²) in [5.74, 6) is 1.06. The lowest BCUT2D eigenvalue weighted by atomic mass is 9.79. The fraction of sp³-hybridized carbons (Fsp3) is 0.500. The van der Waals surface area contributed by atoms with Gasteiger partial charge in [0.05, 0.1) is 6.67 Å². The van der Waals surface area contributed by atoms with Crippen molar-refractivity contribution in [3.63, 3.8) is 0 Å². The average molecular weight is 420 g/mol. The van der Waals surface area contributed by atoms with E-state index in [0.29, 0.717) is 30.1 Å². The highest BCUT2D eigenvalue weighted by atomic mass is 16.3. The van der Waals surface area contributed by atoms with Crippen LogP contribution < -0.4 is 10.6 Å². The Morgan fingerprint density at radius 3 is 2.23 bits per heavy atom. The van der Waals surface area contributed by atoms with E-state index in [1.807, 2.05) is 30.3 Å². The number of benzene rings is 2. The number of likely N-dealkylation sites (tertiary alicyclic amines) is 1. The summed E-state index contributed by atoms with van der Waals surface area (Å²) in [5, 5.41) is 18.0. The van der Waals surface area contributed by atoms with Crippen molar-refractivity contribution >= 4 is 5.91 Å². The average Bonchev–Trinajstić information content (AvgIpc) is 3.20. The zero-order valence-electron chi connectivity index (χ0n) is 18.0. The number of nitrogens with one attached hydrogen (secondary N) is 2. The third-order valence-corrected chi connectivity index (χ3v) is 7.61. The summed E-state index contributed by atoms with van der Waals surface area (Å²) in [6, 6.07) is 20.6. The predicted octanol–water partition coefficient (Wildman–Crippen LogP) is 2.86. The maximum absolute atomic E-state index is 13.1. The van der Waals surface area contributed by atoms with Gasteiger partial charge < -0.3 is 10.4 Å². The molecule has 1 amide bonds. The van der Waals surface area contributed by atoms with Gasteiger partial charge in [-0.2, -0.15) is 0 Å². The Balaban J connectivity index is 1.12. The van der Waals surface area contributed by atoms with Crippen LogP contribution >= 0.6 is 0 Å². The van der Waals surface area contributed by atoms with E-state index < -0.39 is 5.60 Å². The first-order valence-electron chi connectivity index (χ1n) is 11.7. The Morgan fingerprint density at radius 2 is 1.58 bits per heavy atom. The molecule has 0 radical (unpaired) electrons. The number of amides is 1. The molecule has 1 saturated heterocycles. The van der Waals surface area contributed by atoms with E-state index in [-0.39, 0.29) is 11.8 Å². The summed E-state index contributed by atoms with van der Waals surface area (Å²) in [6.07, 6.45) is 3.96. The molecular formula is C26H33N3O2. The van der Waals surface area contributed by atoms with Crippen molar-refractivity contribution in [2.75, 3.05) is 19.8 Å². The van der Waals surface area contributed by atoms with E-state index in [1.165, 1.54) is 5.56 Å².